The van der Waals surface area contributed by atoms with E-state index in [1.807, 2.05) is 60.7 Å². The van der Waals surface area contributed by atoms with Crippen LogP contribution < -0.4 is 0 Å². The number of hydrogen-bond donors (Lipinski definition) is 1. The Balaban J connectivity index is 1.23. The number of rotatable bonds is 6. The summed E-state index contributed by atoms with van der Waals surface area (Å²) in [6, 6.07) is 26.9. The maximum absolute atomic E-state index is 14.5. The van der Waals surface area contributed by atoms with E-state index >= 15 is 0 Å². The summed E-state index contributed by atoms with van der Waals surface area (Å²) in [6.45, 7) is 0.613. The van der Waals surface area contributed by atoms with Gasteiger partial charge in [-0.25, -0.2) is 0 Å². The van der Waals surface area contributed by atoms with Crippen LogP contribution in [0.2, 0.25) is 10.0 Å². The minimum atomic E-state index is -5.16. The minimum Gasteiger partial charge on any atom is -0.382 e. The third kappa shape index (κ3) is 5.69. The van der Waals surface area contributed by atoms with Gasteiger partial charge < -0.3 is 9.94 Å². The second kappa shape index (κ2) is 11.3. The smallest absolute Gasteiger partial charge is 0.382 e. The van der Waals surface area contributed by atoms with E-state index in [0.717, 1.165) is 11.1 Å². The predicted octanol–water partition coefficient (Wildman–Crippen LogP) is 8.89. The zero-order valence-corrected chi connectivity index (χ0v) is 24.7. The zero-order chi connectivity index (χ0) is 32.2. The third-order valence-corrected chi connectivity index (χ3v) is 9.07. The molecule has 12 heteroatoms. The molecule has 2 aliphatic heterocycles. The van der Waals surface area contributed by atoms with E-state index in [9.17, 15) is 31.4 Å². The Morgan fingerprint density at radius 2 is 1.33 bits per heavy atom. The van der Waals surface area contributed by atoms with Gasteiger partial charge in [0.1, 0.15) is 5.60 Å². The normalized spacial score (nSPS) is 20.1. The highest BCUT2D eigenvalue weighted by molar-refractivity contribution is 6.42. The van der Waals surface area contributed by atoms with Crippen LogP contribution >= 0.6 is 23.2 Å². The van der Waals surface area contributed by atoms with Crippen molar-refractivity contribution in [3.63, 3.8) is 0 Å². The van der Waals surface area contributed by atoms with Crippen LogP contribution in [0.15, 0.2) is 102 Å². The standard InChI is InChI=1S/C33H24Cl2F6N2O2/c34-26-16-24(15-25(28(26)35)32(36,37)38)31(33(39,40)41)17-27(42-45-31)20-11-13-23(14-12-20)30(44)18-43(19-30)29(21-7-3-1-4-8-21)22-9-5-2-6-10-22/h1-16,29,44H,17-19H2/t31-/m1/s1. The van der Waals surface area contributed by atoms with Crippen molar-refractivity contribution in [1.29, 1.82) is 0 Å². The van der Waals surface area contributed by atoms with Gasteiger partial charge >= 0.3 is 12.4 Å². The number of halogens is 8. The maximum Gasteiger partial charge on any atom is 0.435 e. The third-order valence-electron chi connectivity index (χ3n) is 8.27. The number of likely N-dealkylation sites (tertiary alicyclic amines) is 1. The second-order valence-corrected chi connectivity index (χ2v) is 12.0. The molecule has 1 saturated heterocycles. The van der Waals surface area contributed by atoms with Crippen molar-refractivity contribution in [3.8, 4) is 0 Å². The molecule has 6 rings (SSSR count). The summed E-state index contributed by atoms with van der Waals surface area (Å²) in [5.74, 6) is 0. The molecule has 0 bridgehead atoms. The summed E-state index contributed by atoms with van der Waals surface area (Å²) in [6.07, 6.45) is -11.1. The van der Waals surface area contributed by atoms with Gasteiger partial charge in [0.15, 0.2) is 0 Å². The molecule has 0 unspecified atom stereocenters. The van der Waals surface area contributed by atoms with Gasteiger partial charge in [0.25, 0.3) is 5.60 Å². The average Bonchev–Trinajstić information content (AvgIpc) is 3.46. The quantitative estimate of drug-likeness (QED) is 0.209. The van der Waals surface area contributed by atoms with Crippen LogP contribution in [0.25, 0.3) is 0 Å². The molecular formula is C33H24Cl2F6N2O2. The van der Waals surface area contributed by atoms with E-state index in [-0.39, 0.29) is 17.3 Å². The molecule has 0 amide bonds. The Labute approximate surface area is 264 Å². The average molecular weight is 665 g/mol. The molecule has 0 saturated carbocycles. The van der Waals surface area contributed by atoms with Crippen LogP contribution in [0, 0.1) is 0 Å². The van der Waals surface area contributed by atoms with E-state index in [1.54, 1.807) is 12.1 Å². The first kappa shape index (κ1) is 31.4. The van der Waals surface area contributed by atoms with Gasteiger partial charge in [-0.2, -0.15) is 26.3 Å². The SMILES string of the molecule is OC1(c2ccc(C3=NO[C@](c4cc(Cl)c(Cl)c(C(F)(F)F)c4)(C(F)(F)F)C3)cc2)CN(C(c2ccccc2)c2ccccc2)C1. The summed E-state index contributed by atoms with van der Waals surface area (Å²) in [5.41, 5.74) is -3.99. The topological polar surface area (TPSA) is 45.1 Å². The van der Waals surface area contributed by atoms with Gasteiger partial charge in [-0.1, -0.05) is 113 Å². The van der Waals surface area contributed by atoms with Crippen molar-refractivity contribution < 1.29 is 36.3 Å². The lowest BCUT2D eigenvalue weighted by Crippen LogP contribution is -2.60. The van der Waals surface area contributed by atoms with Crippen LogP contribution in [0.5, 0.6) is 0 Å². The van der Waals surface area contributed by atoms with Crippen molar-refractivity contribution in [2.45, 2.75) is 36.0 Å². The molecule has 4 aromatic carbocycles. The maximum atomic E-state index is 14.5. The highest BCUT2D eigenvalue weighted by Crippen LogP contribution is 2.51. The van der Waals surface area contributed by atoms with Crippen LogP contribution in [-0.2, 0) is 22.2 Å². The van der Waals surface area contributed by atoms with Gasteiger partial charge in [0, 0.05) is 25.1 Å². The first-order chi connectivity index (χ1) is 21.2. The van der Waals surface area contributed by atoms with Crippen LogP contribution in [0.3, 0.4) is 0 Å². The highest BCUT2D eigenvalue weighted by Gasteiger charge is 2.63. The molecule has 0 spiro atoms. The lowest BCUT2D eigenvalue weighted by atomic mass is 9.81. The fourth-order valence-corrected chi connectivity index (χ4v) is 6.37. The Hall–Kier alpha value is -3.57. The molecular weight excluding hydrogens is 641 g/mol. The van der Waals surface area contributed by atoms with Crippen molar-refractivity contribution in [2.24, 2.45) is 5.16 Å². The number of alkyl halides is 6. The Kier molecular flexibility index (Phi) is 7.92. The van der Waals surface area contributed by atoms with E-state index < -0.39 is 51.1 Å². The molecule has 1 N–H and O–H groups in total. The number of oxime groups is 1. The molecule has 1 fully saturated rings. The molecule has 0 radical (unpaired) electrons. The molecule has 2 aliphatic rings. The van der Waals surface area contributed by atoms with Crippen molar-refractivity contribution in [1.82, 2.24) is 4.90 Å². The number of nitrogens with zero attached hydrogens (tertiary/aromatic N) is 2. The first-order valence-corrected chi connectivity index (χ1v) is 14.5. The van der Waals surface area contributed by atoms with Gasteiger partial charge in [-0.15, -0.1) is 0 Å². The Bertz CT molecular complexity index is 1690. The molecule has 4 aromatic rings. The van der Waals surface area contributed by atoms with Gasteiger partial charge in [-0.05, 0) is 34.4 Å². The van der Waals surface area contributed by atoms with Crippen molar-refractivity contribution in [2.75, 3.05) is 13.1 Å². The summed E-state index contributed by atoms with van der Waals surface area (Å²) in [7, 11) is 0. The zero-order valence-electron chi connectivity index (χ0n) is 23.2. The molecule has 234 valence electrons. The summed E-state index contributed by atoms with van der Waals surface area (Å²) >= 11 is 11.5. The van der Waals surface area contributed by atoms with Gasteiger partial charge in [0.05, 0.1) is 27.4 Å². The van der Waals surface area contributed by atoms with Crippen LogP contribution in [0.4, 0.5) is 26.3 Å². The lowest BCUT2D eigenvalue weighted by Gasteiger charge is -2.50. The van der Waals surface area contributed by atoms with Crippen LogP contribution in [0.1, 0.15) is 45.8 Å². The van der Waals surface area contributed by atoms with E-state index in [4.69, 9.17) is 28.0 Å². The Morgan fingerprint density at radius 1 is 0.778 bits per heavy atom. The first-order valence-electron chi connectivity index (χ1n) is 13.8. The van der Waals surface area contributed by atoms with E-state index in [0.29, 0.717) is 30.8 Å². The van der Waals surface area contributed by atoms with Crippen LogP contribution in [-0.4, -0.2) is 35.0 Å². The largest absolute Gasteiger partial charge is 0.435 e. The van der Waals surface area contributed by atoms with Gasteiger partial charge in [0.2, 0.25) is 0 Å². The second-order valence-electron chi connectivity index (χ2n) is 11.2. The fourth-order valence-electron chi connectivity index (χ4n) is 5.94. The monoisotopic (exact) mass is 664 g/mol. The fraction of sp³-hybridized carbons (Fsp3) is 0.242. The number of benzene rings is 4. The number of aliphatic hydroxyl groups is 1. The predicted molar refractivity (Wildman–Crippen MR) is 158 cm³/mol. The molecule has 4 nitrogen and oxygen atoms in total. The van der Waals surface area contributed by atoms with E-state index in [2.05, 4.69) is 10.1 Å². The summed E-state index contributed by atoms with van der Waals surface area (Å²) in [4.78, 5) is 7.05. The molecule has 45 heavy (non-hydrogen) atoms. The summed E-state index contributed by atoms with van der Waals surface area (Å²) < 4.78 is 84.1. The van der Waals surface area contributed by atoms with E-state index in [1.165, 1.54) is 12.1 Å². The van der Waals surface area contributed by atoms with Gasteiger partial charge in [-0.3, -0.25) is 4.90 Å². The lowest BCUT2D eigenvalue weighted by molar-refractivity contribution is -0.276. The molecule has 2 heterocycles. The molecule has 1 atom stereocenters. The van der Waals surface area contributed by atoms with Crippen molar-refractivity contribution in [3.05, 3.63) is 140 Å². The minimum absolute atomic E-state index is 0.0911. The molecule has 0 aliphatic carbocycles. The number of β-amino-alcohol motifs (C(OH)–C–C–N with tert-alkyl or cyclic N) is 1. The number of hydrogen-bond acceptors (Lipinski definition) is 4. The highest BCUT2D eigenvalue weighted by atomic mass is 35.5. The molecule has 0 aromatic heterocycles. The Morgan fingerprint density at radius 3 is 1.84 bits per heavy atom. The summed E-state index contributed by atoms with van der Waals surface area (Å²) in [5, 5.41) is 13.5. The van der Waals surface area contributed by atoms with Crippen molar-refractivity contribution >= 4 is 28.9 Å².